The second kappa shape index (κ2) is 30.6. The number of carbonyl (C=O) groups excluding carboxylic acids is 8. The van der Waals surface area contributed by atoms with Crippen LogP contribution in [0.3, 0.4) is 0 Å². The molecule has 22 heteroatoms. The molecule has 8 atom stereocenters. The molecule has 4 aromatic rings. The Hall–Kier alpha value is -5.92. The van der Waals surface area contributed by atoms with Crippen molar-refractivity contribution in [3.8, 4) is 0 Å². The summed E-state index contributed by atoms with van der Waals surface area (Å²) in [6.07, 6.45) is 1.12. The summed E-state index contributed by atoms with van der Waals surface area (Å²) in [6, 6.07) is 9.68. The number of amides is 4. The van der Waals surface area contributed by atoms with Gasteiger partial charge in [-0.15, -0.1) is 0 Å². The van der Waals surface area contributed by atoms with E-state index in [0.29, 0.717) is 24.2 Å². The number of aromatic nitrogens is 4. The van der Waals surface area contributed by atoms with Crippen molar-refractivity contribution in [1.82, 2.24) is 38.7 Å². The second-order valence-corrected chi connectivity index (χ2v) is 25.0. The van der Waals surface area contributed by atoms with E-state index in [1.54, 1.807) is 18.5 Å². The van der Waals surface area contributed by atoms with E-state index >= 15 is 9.59 Å². The van der Waals surface area contributed by atoms with Crippen molar-refractivity contribution in [3.63, 3.8) is 0 Å². The Balaban J connectivity index is 1.60. The minimum absolute atomic E-state index is 0.0816. The molecule has 1 fully saturated rings. The minimum atomic E-state index is -1.54. The average molecular weight is 1360 g/mol. The fourth-order valence-electron chi connectivity index (χ4n) is 9.80. The van der Waals surface area contributed by atoms with E-state index in [2.05, 4.69) is 55.1 Å². The van der Waals surface area contributed by atoms with Crippen molar-refractivity contribution in [2.24, 2.45) is 23.7 Å². The molecular weight excluding hydrogens is 1280 g/mol. The number of cyclic esters (lactones) is 4. The van der Waals surface area contributed by atoms with Crippen LogP contribution in [0.1, 0.15) is 117 Å². The van der Waals surface area contributed by atoms with Gasteiger partial charge in [-0.05, 0) is 131 Å². The maximum absolute atomic E-state index is 15.1. The second-order valence-electron chi connectivity index (χ2n) is 23.1. The number of imidazole rings is 2. The monoisotopic (exact) mass is 1360 g/mol. The molecule has 2 aromatic heterocycles. The van der Waals surface area contributed by atoms with Crippen LogP contribution in [0.25, 0.3) is 0 Å². The summed E-state index contributed by atoms with van der Waals surface area (Å²) in [7, 11) is 5.59. The van der Waals surface area contributed by atoms with E-state index in [0.717, 1.165) is 33.5 Å². The molecule has 5 rings (SSSR count). The van der Waals surface area contributed by atoms with Gasteiger partial charge in [0.05, 0.1) is 0 Å². The lowest BCUT2D eigenvalue weighted by Crippen LogP contribution is -2.55. The molecule has 1 aliphatic heterocycles. The summed E-state index contributed by atoms with van der Waals surface area (Å²) in [6.45, 7) is 18.6. The molecule has 0 radical (unpaired) electrons. The molecule has 0 aliphatic carbocycles. The number of hydrogen-bond donors (Lipinski definition) is 0. The van der Waals surface area contributed by atoms with Gasteiger partial charge < -0.3 is 47.7 Å². The molecule has 0 unspecified atom stereocenters. The number of esters is 4. The van der Waals surface area contributed by atoms with Crippen molar-refractivity contribution in [3.05, 3.63) is 103 Å². The molecule has 0 N–H and O–H groups in total. The van der Waals surface area contributed by atoms with Gasteiger partial charge in [0, 0.05) is 78.9 Å². The predicted octanol–water partition coefficient (Wildman–Crippen LogP) is 7.36. The summed E-state index contributed by atoms with van der Waals surface area (Å²) >= 11 is 4.28. The molecule has 3 heterocycles. The number of hydrogen-bond acceptors (Lipinski definition) is 14. The summed E-state index contributed by atoms with van der Waals surface area (Å²) < 4.78 is 29.8. The summed E-state index contributed by atoms with van der Waals surface area (Å²) in [5.41, 5.74) is 3.06. The molecule has 0 bridgehead atoms. The largest absolute Gasteiger partial charge is 0.451 e. The smallest absolute Gasteiger partial charge is 0.329 e. The lowest BCUT2D eigenvalue weighted by molar-refractivity contribution is -0.176. The average Bonchev–Trinajstić information content (AvgIpc) is 4.07. The van der Waals surface area contributed by atoms with Gasteiger partial charge in [-0.3, -0.25) is 19.2 Å². The van der Waals surface area contributed by atoms with Crippen LogP contribution in [0.5, 0.6) is 0 Å². The van der Waals surface area contributed by atoms with E-state index in [9.17, 15) is 28.8 Å². The quantitative estimate of drug-likeness (QED) is 0.0608. The third kappa shape index (κ3) is 18.5. The Morgan fingerprint density at radius 3 is 1.11 bits per heavy atom. The number of nitrogens with zero attached hydrogens (tertiary/aromatic N) is 8. The lowest BCUT2D eigenvalue weighted by Gasteiger charge is -2.35. The summed E-state index contributed by atoms with van der Waals surface area (Å²) in [5, 5.41) is 0. The molecule has 82 heavy (non-hydrogen) atoms. The Morgan fingerprint density at radius 2 is 0.756 bits per heavy atom. The summed E-state index contributed by atoms with van der Waals surface area (Å²) in [4.78, 5) is 131. The first-order chi connectivity index (χ1) is 38.6. The highest BCUT2D eigenvalue weighted by Gasteiger charge is 2.43. The highest BCUT2D eigenvalue weighted by Crippen LogP contribution is 2.25. The van der Waals surface area contributed by atoms with E-state index < -0.39 is 96.1 Å². The number of ether oxygens (including phenoxy) is 4. The molecular formula is C60H82I2N8O12. The van der Waals surface area contributed by atoms with E-state index in [-0.39, 0.29) is 62.2 Å². The Morgan fingerprint density at radius 1 is 0.439 bits per heavy atom. The van der Waals surface area contributed by atoms with Crippen LogP contribution in [0.4, 0.5) is 0 Å². The maximum Gasteiger partial charge on any atom is 0.329 e. The van der Waals surface area contributed by atoms with Gasteiger partial charge in [0.2, 0.25) is 0 Å². The van der Waals surface area contributed by atoms with Crippen molar-refractivity contribution in [2.75, 3.05) is 28.2 Å². The van der Waals surface area contributed by atoms with Crippen LogP contribution in [0.15, 0.2) is 73.3 Å². The van der Waals surface area contributed by atoms with Crippen molar-refractivity contribution in [2.45, 2.75) is 169 Å². The number of rotatable bonds is 16. The lowest BCUT2D eigenvalue weighted by atomic mass is 9.99. The Labute approximate surface area is 510 Å². The number of benzene rings is 2. The van der Waals surface area contributed by atoms with Crippen LogP contribution in [0, 0.1) is 31.3 Å². The van der Waals surface area contributed by atoms with Crippen molar-refractivity contribution >= 4 is 92.7 Å². The zero-order valence-corrected chi connectivity index (χ0v) is 54.1. The first-order valence-corrected chi connectivity index (χ1v) is 30.1. The molecule has 1 aliphatic rings. The van der Waals surface area contributed by atoms with Gasteiger partial charge in [0.15, 0.2) is 32.1 Å². The molecule has 448 valence electrons. The molecule has 1 saturated heterocycles. The van der Waals surface area contributed by atoms with Crippen LogP contribution in [-0.4, -0.2) is 163 Å². The predicted molar refractivity (Wildman–Crippen MR) is 323 cm³/mol. The highest BCUT2D eigenvalue weighted by atomic mass is 127. The van der Waals surface area contributed by atoms with Gasteiger partial charge in [0.1, 0.15) is 24.2 Å². The molecule has 2 aromatic carbocycles. The van der Waals surface area contributed by atoms with Gasteiger partial charge in [0.25, 0.3) is 23.6 Å². The zero-order valence-electron chi connectivity index (χ0n) is 49.7. The van der Waals surface area contributed by atoms with Gasteiger partial charge >= 0.3 is 23.9 Å². The number of carbonyl (C=O) groups is 8. The van der Waals surface area contributed by atoms with Crippen LogP contribution in [-0.2, 0) is 83.2 Å². The third-order valence-corrected chi connectivity index (χ3v) is 16.2. The first-order valence-electron chi connectivity index (χ1n) is 27.9. The van der Waals surface area contributed by atoms with Gasteiger partial charge in [-0.25, -0.2) is 29.1 Å². The first kappa shape index (κ1) is 66.9. The summed E-state index contributed by atoms with van der Waals surface area (Å²) in [5.74, 6) is -7.42. The normalized spacial score (nSPS) is 23.0. The maximum atomic E-state index is 15.1. The van der Waals surface area contributed by atoms with Gasteiger partial charge in [-0.1, -0.05) is 104 Å². The SMILES string of the molecule is CC(C)C[C@H]1C(=O)O[C@H](Cc2cccc(Cn3ccnc3I)c2)C(=O)N(C)[C@@H](CC(C)C)C(=O)O[C@H](C)C(=O)N(C)[C@@H](CC(C)C)C(=O)O[C@H](Cc2ccc(Cn3ccnc3I)cc2)C(=O)N(C)[C@@H](CC(C)C)C(=O)O[C@H](C)C(=O)N1C. The Bertz CT molecular complexity index is 2840. The van der Waals surface area contributed by atoms with Crippen molar-refractivity contribution in [1.29, 1.82) is 0 Å². The molecule has 4 amide bonds. The zero-order chi connectivity index (χ0) is 60.9. The molecule has 0 saturated carbocycles. The van der Waals surface area contributed by atoms with Gasteiger partial charge in [-0.2, -0.15) is 0 Å². The van der Waals surface area contributed by atoms with Crippen molar-refractivity contribution < 1.29 is 57.3 Å². The fourth-order valence-corrected chi connectivity index (χ4v) is 10.8. The number of likely N-dealkylation sites (N-methyl/N-ethyl adjacent to an activating group) is 4. The highest BCUT2D eigenvalue weighted by molar-refractivity contribution is 14.1. The van der Waals surface area contributed by atoms with E-state index in [4.69, 9.17) is 18.9 Å². The molecule has 0 spiro atoms. The standard InChI is InChI=1S/C60H82I2N8O12/c1-35(2)26-45-55(75)79-40(10)52(72)66(12)48(29-38(7)8)58(78)82-50(32-43-16-15-17-44(30-43)34-70-25-23-64-60(70)62)54(74)68(14)46(27-36(3)4)56(76)80-39(9)51(71)65(11)47(28-37(5)6)57(77)81-49(53(73)67(45)13)31-41-18-20-42(21-19-41)33-69-24-22-63-59(69)61/h15-25,30,35-40,45-50H,26-29,31-34H2,1-14H3/t39-,40-,45+,46+,47+,48+,49-,50-/m1/s1. The topological polar surface area (TPSA) is 222 Å². The van der Waals surface area contributed by atoms with E-state index in [1.165, 1.54) is 46.9 Å². The van der Waals surface area contributed by atoms with Crippen LogP contribution >= 0.6 is 45.2 Å². The molecule has 20 nitrogen and oxygen atoms in total. The minimum Gasteiger partial charge on any atom is -0.451 e. The number of halogens is 2. The third-order valence-electron chi connectivity index (χ3n) is 14.4. The Kier molecular flexibility index (Phi) is 24.9. The van der Waals surface area contributed by atoms with E-state index in [1.807, 2.05) is 119 Å². The van der Waals surface area contributed by atoms with Crippen LogP contribution in [0.2, 0.25) is 0 Å². The fraction of sp³-hybridized carbons (Fsp3) is 0.567. The van der Waals surface area contributed by atoms with Crippen LogP contribution < -0.4 is 0 Å².